The highest BCUT2D eigenvalue weighted by Gasteiger charge is 2.38. The van der Waals surface area contributed by atoms with E-state index >= 15 is 0 Å². The van der Waals surface area contributed by atoms with E-state index in [0.29, 0.717) is 6.04 Å². The number of aromatic nitrogens is 3. The summed E-state index contributed by atoms with van der Waals surface area (Å²) in [5.74, 6) is 0.783. The van der Waals surface area contributed by atoms with Crippen molar-refractivity contribution in [3.05, 3.63) is 58.7 Å². The Hall–Kier alpha value is -2.20. The highest BCUT2D eigenvalue weighted by Crippen LogP contribution is 2.38. The van der Waals surface area contributed by atoms with Crippen LogP contribution in [-0.4, -0.2) is 32.4 Å². The molecule has 0 aliphatic carbocycles. The van der Waals surface area contributed by atoms with Crippen LogP contribution in [0, 0.1) is 19.8 Å². The Morgan fingerprint density at radius 3 is 2.96 bits per heavy atom. The molecule has 4 heteroatoms. The first-order chi connectivity index (χ1) is 12.7. The first-order valence-corrected chi connectivity index (χ1v) is 9.79. The van der Waals surface area contributed by atoms with Gasteiger partial charge in [-0.05, 0) is 74.4 Å². The summed E-state index contributed by atoms with van der Waals surface area (Å²) in [6, 6.07) is 7.33. The predicted molar refractivity (Wildman–Crippen MR) is 104 cm³/mol. The molecule has 134 valence electrons. The maximum Gasteiger partial charge on any atom is 0.137 e. The van der Waals surface area contributed by atoms with Crippen LogP contribution in [0.25, 0.3) is 11.0 Å². The third kappa shape index (κ3) is 2.73. The molecule has 1 N–H and O–H groups in total. The third-order valence-corrected chi connectivity index (χ3v) is 6.33. The van der Waals surface area contributed by atoms with Crippen LogP contribution in [0.2, 0.25) is 0 Å². The van der Waals surface area contributed by atoms with Gasteiger partial charge in [-0.1, -0.05) is 6.07 Å². The van der Waals surface area contributed by atoms with Crippen molar-refractivity contribution in [2.75, 3.05) is 6.54 Å². The molecular formula is C22H26N4. The van der Waals surface area contributed by atoms with E-state index in [4.69, 9.17) is 0 Å². The summed E-state index contributed by atoms with van der Waals surface area (Å²) in [4.78, 5) is 15.4. The molecule has 0 amide bonds. The lowest BCUT2D eigenvalue weighted by Gasteiger charge is -2.32. The molecule has 3 aromatic rings. The minimum Gasteiger partial charge on any atom is -0.343 e. The second-order valence-electron chi connectivity index (χ2n) is 8.13. The lowest BCUT2D eigenvalue weighted by molar-refractivity contribution is 0.196. The van der Waals surface area contributed by atoms with Crippen LogP contribution in [0.4, 0.5) is 0 Å². The van der Waals surface area contributed by atoms with Crippen LogP contribution < -0.4 is 0 Å². The lowest BCUT2D eigenvalue weighted by atomic mass is 9.88. The highest BCUT2D eigenvalue weighted by atomic mass is 15.2. The highest BCUT2D eigenvalue weighted by molar-refractivity contribution is 5.82. The quantitative estimate of drug-likeness (QED) is 0.781. The average Bonchev–Trinajstić information content (AvgIpc) is 3.20. The van der Waals surface area contributed by atoms with Gasteiger partial charge in [0.1, 0.15) is 5.65 Å². The van der Waals surface area contributed by atoms with Crippen LogP contribution >= 0.6 is 0 Å². The number of aromatic amines is 1. The summed E-state index contributed by atoms with van der Waals surface area (Å²) in [7, 11) is 0. The van der Waals surface area contributed by atoms with Gasteiger partial charge in [-0.3, -0.25) is 9.88 Å². The Morgan fingerprint density at radius 2 is 2.12 bits per heavy atom. The van der Waals surface area contributed by atoms with Gasteiger partial charge in [0.25, 0.3) is 0 Å². The molecular weight excluding hydrogens is 320 g/mol. The van der Waals surface area contributed by atoms with E-state index in [0.717, 1.165) is 36.6 Å². The normalized spacial score (nSPS) is 22.5. The Labute approximate surface area is 154 Å². The Balaban J connectivity index is 1.34. The van der Waals surface area contributed by atoms with E-state index in [1.54, 1.807) is 0 Å². The SMILES string of the molecule is Cc1cnc2[nH]c3c(c2c1)CN1CCC(CCc2ccc(C)nc2)C1C3. The van der Waals surface area contributed by atoms with Gasteiger partial charge in [0, 0.05) is 48.2 Å². The molecule has 0 spiro atoms. The third-order valence-electron chi connectivity index (χ3n) is 6.33. The van der Waals surface area contributed by atoms with Crippen molar-refractivity contribution in [2.45, 2.75) is 52.1 Å². The van der Waals surface area contributed by atoms with Crippen molar-refractivity contribution in [1.82, 2.24) is 19.9 Å². The summed E-state index contributed by atoms with van der Waals surface area (Å²) >= 11 is 0. The molecule has 5 heterocycles. The summed E-state index contributed by atoms with van der Waals surface area (Å²) in [5, 5.41) is 1.33. The largest absolute Gasteiger partial charge is 0.343 e. The molecule has 0 bridgehead atoms. The first kappa shape index (κ1) is 16.0. The molecule has 3 aromatic heterocycles. The smallest absolute Gasteiger partial charge is 0.137 e. The number of rotatable bonds is 3. The molecule has 0 radical (unpaired) electrons. The van der Waals surface area contributed by atoms with Crippen LogP contribution in [0.5, 0.6) is 0 Å². The zero-order valence-corrected chi connectivity index (χ0v) is 15.6. The number of hydrogen-bond acceptors (Lipinski definition) is 3. The molecule has 0 saturated carbocycles. The minimum atomic E-state index is 0.676. The summed E-state index contributed by atoms with van der Waals surface area (Å²) in [5.41, 5.74) is 7.68. The van der Waals surface area contributed by atoms with Crippen LogP contribution in [0.1, 0.15) is 40.9 Å². The number of nitrogens with one attached hydrogen (secondary N) is 1. The fourth-order valence-electron chi connectivity index (χ4n) is 4.86. The number of fused-ring (bicyclic) bond motifs is 4. The molecule has 2 aliphatic rings. The van der Waals surface area contributed by atoms with Crippen molar-refractivity contribution in [2.24, 2.45) is 5.92 Å². The van der Waals surface area contributed by atoms with Gasteiger partial charge in [-0.25, -0.2) is 4.98 Å². The van der Waals surface area contributed by atoms with Crippen LogP contribution in [-0.2, 0) is 19.4 Å². The molecule has 2 atom stereocenters. The number of nitrogens with zero attached hydrogens (tertiary/aromatic N) is 3. The molecule has 2 unspecified atom stereocenters. The van der Waals surface area contributed by atoms with Gasteiger partial charge in [0.05, 0.1) is 0 Å². The average molecular weight is 346 g/mol. The Bertz CT molecular complexity index is 941. The summed E-state index contributed by atoms with van der Waals surface area (Å²) in [6.07, 6.45) is 8.88. The lowest BCUT2D eigenvalue weighted by Crippen LogP contribution is -2.38. The number of H-pyrrole nitrogens is 1. The van der Waals surface area contributed by atoms with Crippen LogP contribution in [0.15, 0.2) is 30.6 Å². The maximum absolute atomic E-state index is 4.60. The van der Waals surface area contributed by atoms with Crippen molar-refractivity contribution >= 4 is 11.0 Å². The molecule has 1 saturated heterocycles. The van der Waals surface area contributed by atoms with E-state index in [2.05, 4.69) is 51.9 Å². The molecule has 5 rings (SSSR count). The van der Waals surface area contributed by atoms with Crippen molar-refractivity contribution < 1.29 is 0 Å². The van der Waals surface area contributed by atoms with Crippen LogP contribution in [0.3, 0.4) is 0 Å². The molecule has 0 aromatic carbocycles. The Morgan fingerprint density at radius 1 is 1.19 bits per heavy atom. The van der Waals surface area contributed by atoms with E-state index in [9.17, 15) is 0 Å². The first-order valence-electron chi connectivity index (χ1n) is 9.79. The number of aryl methyl sites for hydroxylation is 3. The standard InChI is InChI=1S/C22H26N4/c1-14-9-18-19-13-26-8-7-17(6-5-16-4-3-15(2)23-12-16)21(26)10-20(19)25-22(18)24-11-14/h3-4,9,11-12,17,21H,5-8,10,13H2,1-2H3,(H,24,25). The molecule has 26 heavy (non-hydrogen) atoms. The maximum atomic E-state index is 4.60. The minimum absolute atomic E-state index is 0.676. The fourth-order valence-corrected chi connectivity index (χ4v) is 4.86. The number of pyridine rings is 2. The van der Waals surface area contributed by atoms with Gasteiger partial charge in [-0.2, -0.15) is 0 Å². The predicted octanol–water partition coefficient (Wildman–Crippen LogP) is 3.95. The Kier molecular flexibility index (Phi) is 3.82. The van der Waals surface area contributed by atoms with Gasteiger partial charge in [-0.15, -0.1) is 0 Å². The summed E-state index contributed by atoms with van der Waals surface area (Å²) in [6.45, 7) is 6.48. The van der Waals surface area contributed by atoms with Crippen molar-refractivity contribution in [3.8, 4) is 0 Å². The second kappa shape index (κ2) is 6.20. The van der Waals surface area contributed by atoms with Crippen molar-refractivity contribution in [3.63, 3.8) is 0 Å². The van der Waals surface area contributed by atoms with E-state index in [1.165, 1.54) is 47.2 Å². The second-order valence-corrected chi connectivity index (χ2v) is 8.13. The van der Waals surface area contributed by atoms with Gasteiger partial charge >= 0.3 is 0 Å². The fraction of sp³-hybridized carbons (Fsp3) is 0.455. The van der Waals surface area contributed by atoms with Gasteiger partial charge < -0.3 is 4.98 Å². The van der Waals surface area contributed by atoms with E-state index in [1.807, 2.05) is 12.4 Å². The van der Waals surface area contributed by atoms with E-state index in [-0.39, 0.29) is 0 Å². The molecule has 4 nitrogen and oxygen atoms in total. The van der Waals surface area contributed by atoms with Crippen molar-refractivity contribution in [1.29, 1.82) is 0 Å². The molecule has 1 fully saturated rings. The topological polar surface area (TPSA) is 44.8 Å². The summed E-state index contributed by atoms with van der Waals surface area (Å²) < 4.78 is 0. The number of hydrogen-bond donors (Lipinski definition) is 1. The van der Waals surface area contributed by atoms with E-state index < -0.39 is 0 Å². The van der Waals surface area contributed by atoms with Gasteiger partial charge in [0.15, 0.2) is 0 Å². The monoisotopic (exact) mass is 346 g/mol. The molecule has 2 aliphatic heterocycles. The zero-order valence-electron chi connectivity index (χ0n) is 15.6. The zero-order chi connectivity index (χ0) is 17.7. The van der Waals surface area contributed by atoms with Gasteiger partial charge in [0.2, 0.25) is 0 Å².